The highest BCUT2D eigenvalue weighted by atomic mass is 35.5. The summed E-state index contributed by atoms with van der Waals surface area (Å²) in [4.78, 5) is 24.1. The van der Waals surface area contributed by atoms with Crippen LogP contribution in [0.5, 0.6) is 0 Å². The molecule has 0 aliphatic rings. The van der Waals surface area contributed by atoms with E-state index in [4.69, 9.17) is 16.3 Å². The van der Waals surface area contributed by atoms with Crippen LogP contribution in [-0.2, 0) is 4.74 Å². The van der Waals surface area contributed by atoms with E-state index in [-0.39, 0.29) is 11.9 Å². The molecule has 0 unspecified atom stereocenters. The molecule has 0 saturated carbocycles. The molecule has 0 aliphatic carbocycles. The summed E-state index contributed by atoms with van der Waals surface area (Å²) in [6.07, 6.45) is -0.536. The average molecular weight is 375 g/mol. The molecule has 6 heteroatoms. The monoisotopic (exact) mass is 374 g/mol. The lowest BCUT2D eigenvalue weighted by Gasteiger charge is -2.19. The molecule has 1 atom stereocenters. The summed E-state index contributed by atoms with van der Waals surface area (Å²) in [6, 6.07) is 13.8. The fourth-order valence-corrected chi connectivity index (χ4v) is 2.37. The smallest absolute Gasteiger partial charge is 0.412 e. The molecule has 0 fully saturated rings. The molecule has 0 aromatic heterocycles. The summed E-state index contributed by atoms with van der Waals surface area (Å²) in [5, 5.41) is 6.21. The van der Waals surface area contributed by atoms with Crippen LogP contribution >= 0.6 is 11.6 Å². The van der Waals surface area contributed by atoms with Gasteiger partial charge in [0.2, 0.25) is 0 Å². The Balaban J connectivity index is 1.95. The number of amides is 2. The Morgan fingerprint density at radius 3 is 2.12 bits per heavy atom. The highest BCUT2D eigenvalue weighted by molar-refractivity contribution is 6.30. The Hall–Kier alpha value is -2.53. The first-order chi connectivity index (χ1) is 12.1. The largest absolute Gasteiger partial charge is 0.444 e. The summed E-state index contributed by atoms with van der Waals surface area (Å²) in [7, 11) is 0. The number of halogens is 1. The van der Waals surface area contributed by atoms with Crippen molar-refractivity contribution in [3.8, 4) is 0 Å². The number of benzene rings is 2. The quantitative estimate of drug-likeness (QED) is 0.774. The van der Waals surface area contributed by atoms with Crippen LogP contribution in [0.4, 0.5) is 10.5 Å². The molecule has 0 saturated heterocycles. The van der Waals surface area contributed by atoms with Crippen molar-refractivity contribution in [1.29, 1.82) is 0 Å². The molecule has 2 aromatic rings. The normalized spacial score (nSPS) is 12.2. The molecule has 0 aliphatic heterocycles. The van der Waals surface area contributed by atoms with Crippen LogP contribution in [0.3, 0.4) is 0 Å². The highest BCUT2D eigenvalue weighted by Gasteiger charge is 2.16. The predicted molar refractivity (Wildman–Crippen MR) is 104 cm³/mol. The third-order valence-electron chi connectivity index (χ3n) is 3.51. The van der Waals surface area contributed by atoms with Gasteiger partial charge >= 0.3 is 6.09 Å². The van der Waals surface area contributed by atoms with Gasteiger partial charge in [-0.15, -0.1) is 0 Å². The molecule has 2 aromatic carbocycles. The van der Waals surface area contributed by atoms with E-state index in [1.54, 1.807) is 57.2 Å². The summed E-state index contributed by atoms with van der Waals surface area (Å²) in [5.41, 5.74) is 1.45. The first-order valence-electron chi connectivity index (χ1n) is 8.30. The number of anilines is 1. The van der Waals surface area contributed by atoms with Gasteiger partial charge in [0.05, 0.1) is 6.04 Å². The molecule has 0 spiro atoms. The average Bonchev–Trinajstić information content (AvgIpc) is 2.54. The van der Waals surface area contributed by atoms with Gasteiger partial charge in [0.25, 0.3) is 5.91 Å². The van der Waals surface area contributed by atoms with Crippen LogP contribution in [0.2, 0.25) is 5.02 Å². The minimum atomic E-state index is -0.568. The first kappa shape index (κ1) is 19.8. The molecule has 2 N–H and O–H groups in total. The van der Waals surface area contributed by atoms with Crippen LogP contribution in [0.15, 0.2) is 48.5 Å². The van der Waals surface area contributed by atoms with Crippen molar-refractivity contribution in [2.24, 2.45) is 0 Å². The van der Waals surface area contributed by atoms with Crippen LogP contribution in [0.1, 0.15) is 49.7 Å². The first-order valence-corrected chi connectivity index (χ1v) is 8.68. The molecule has 26 heavy (non-hydrogen) atoms. The van der Waals surface area contributed by atoms with Crippen molar-refractivity contribution in [2.45, 2.75) is 39.3 Å². The second kappa shape index (κ2) is 8.23. The molecular weight excluding hydrogens is 352 g/mol. The van der Waals surface area contributed by atoms with E-state index in [0.717, 1.165) is 5.56 Å². The third-order valence-corrected chi connectivity index (χ3v) is 3.76. The standard InChI is InChI=1S/C20H23ClN2O3/c1-13(14-5-9-16(21)10-6-14)22-18(24)15-7-11-17(12-8-15)23-19(25)26-20(2,3)4/h5-13H,1-4H3,(H,22,24)(H,23,25)/t13-/m1/s1. The van der Waals surface area contributed by atoms with E-state index in [2.05, 4.69) is 10.6 Å². The Labute approximate surface area is 158 Å². The summed E-state index contributed by atoms with van der Waals surface area (Å²) in [5.74, 6) is -0.198. The van der Waals surface area contributed by atoms with E-state index in [1.165, 1.54) is 0 Å². The molecule has 5 nitrogen and oxygen atoms in total. The van der Waals surface area contributed by atoms with Gasteiger partial charge in [0.15, 0.2) is 0 Å². The lowest BCUT2D eigenvalue weighted by molar-refractivity contribution is 0.0635. The lowest BCUT2D eigenvalue weighted by atomic mass is 10.1. The minimum absolute atomic E-state index is 0.153. The van der Waals surface area contributed by atoms with E-state index in [9.17, 15) is 9.59 Å². The molecule has 2 amide bonds. The molecule has 138 valence electrons. The summed E-state index contributed by atoms with van der Waals surface area (Å²) >= 11 is 5.88. The van der Waals surface area contributed by atoms with Crippen molar-refractivity contribution in [3.63, 3.8) is 0 Å². The zero-order chi connectivity index (χ0) is 19.3. The van der Waals surface area contributed by atoms with Crippen molar-refractivity contribution in [3.05, 3.63) is 64.7 Å². The summed E-state index contributed by atoms with van der Waals surface area (Å²) < 4.78 is 5.19. The van der Waals surface area contributed by atoms with Gasteiger partial charge in [0, 0.05) is 16.3 Å². The Kier molecular flexibility index (Phi) is 6.27. The third kappa shape index (κ3) is 6.08. The molecular formula is C20H23ClN2O3. The number of hydrogen-bond acceptors (Lipinski definition) is 3. The topological polar surface area (TPSA) is 67.4 Å². The Morgan fingerprint density at radius 2 is 1.58 bits per heavy atom. The van der Waals surface area contributed by atoms with Gasteiger partial charge in [-0.3, -0.25) is 10.1 Å². The number of rotatable bonds is 4. The second-order valence-corrected chi connectivity index (χ2v) is 7.39. The maximum atomic E-state index is 12.4. The second-order valence-electron chi connectivity index (χ2n) is 6.95. The van der Waals surface area contributed by atoms with Crippen molar-refractivity contribution in [1.82, 2.24) is 5.32 Å². The Morgan fingerprint density at radius 1 is 1.00 bits per heavy atom. The Bertz CT molecular complexity index is 765. The van der Waals surface area contributed by atoms with Gasteiger partial charge in [-0.2, -0.15) is 0 Å². The van der Waals surface area contributed by atoms with Gasteiger partial charge < -0.3 is 10.1 Å². The zero-order valence-electron chi connectivity index (χ0n) is 15.3. The van der Waals surface area contributed by atoms with Crippen LogP contribution in [-0.4, -0.2) is 17.6 Å². The van der Waals surface area contributed by atoms with Crippen molar-refractivity contribution >= 4 is 29.3 Å². The number of ether oxygens (including phenoxy) is 1. The van der Waals surface area contributed by atoms with E-state index < -0.39 is 11.7 Å². The van der Waals surface area contributed by atoms with E-state index in [1.807, 2.05) is 19.1 Å². The number of hydrogen-bond donors (Lipinski definition) is 2. The lowest BCUT2D eigenvalue weighted by Crippen LogP contribution is -2.27. The number of nitrogens with one attached hydrogen (secondary N) is 2. The van der Waals surface area contributed by atoms with E-state index in [0.29, 0.717) is 16.3 Å². The summed E-state index contributed by atoms with van der Waals surface area (Å²) in [6.45, 7) is 7.28. The number of carbonyl (C=O) groups excluding carboxylic acids is 2. The fraction of sp³-hybridized carbons (Fsp3) is 0.300. The highest BCUT2D eigenvalue weighted by Crippen LogP contribution is 2.17. The number of carbonyl (C=O) groups is 2. The minimum Gasteiger partial charge on any atom is -0.444 e. The predicted octanol–water partition coefficient (Wildman–Crippen LogP) is 5.18. The van der Waals surface area contributed by atoms with Crippen LogP contribution in [0, 0.1) is 0 Å². The van der Waals surface area contributed by atoms with Crippen molar-refractivity contribution < 1.29 is 14.3 Å². The maximum absolute atomic E-state index is 12.4. The SMILES string of the molecule is C[C@@H](NC(=O)c1ccc(NC(=O)OC(C)(C)C)cc1)c1ccc(Cl)cc1. The molecule has 2 rings (SSSR count). The molecule has 0 bridgehead atoms. The maximum Gasteiger partial charge on any atom is 0.412 e. The van der Waals surface area contributed by atoms with Gasteiger partial charge in [-0.25, -0.2) is 4.79 Å². The van der Waals surface area contributed by atoms with Crippen LogP contribution in [0.25, 0.3) is 0 Å². The van der Waals surface area contributed by atoms with Crippen molar-refractivity contribution in [2.75, 3.05) is 5.32 Å². The van der Waals surface area contributed by atoms with Gasteiger partial charge in [-0.05, 0) is 69.7 Å². The molecule has 0 radical (unpaired) electrons. The fourth-order valence-electron chi connectivity index (χ4n) is 2.24. The van der Waals surface area contributed by atoms with E-state index >= 15 is 0 Å². The van der Waals surface area contributed by atoms with Crippen LogP contribution < -0.4 is 10.6 Å². The zero-order valence-corrected chi connectivity index (χ0v) is 16.1. The molecule has 0 heterocycles. The van der Waals surface area contributed by atoms with Gasteiger partial charge in [-0.1, -0.05) is 23.7 Å². The van der Waals surface area contributed by atoms with Gasteiger partial charge in [0.1, 0.15) is 5.60 Å².